The van der Waals surface area contributed by atoms with Crippen LogP contribution in [0.4, 0.5) is 0 Å². The van der Waals surface area contributed by atoms with E-state index in [1.165, 1.54) is 0 Å². The van der Waals surface area contributed by atoms with E-state index in [9.17, 15) is 0 Å². The van der Waals surface area contributed by atoms with E-state index >= 15 is 0 Å². The topological polar surface area (TPSA) is 39.6 Å². The van der Waals surface area contributed by atoms with Crippen LogP contribution in [-0.2, 0) is 0 Å². The molecule has 0 saturated carbocycles. The van der Waals surface area contributed by atoms with Crippen LogP contribution in [0.3, 0.4) is 0 Å². The lowest BCUT2D eigenvalue weighted by molar-refractivity contribution is 0.557. The molecule has 0 aliphatic carbocycles. The maximum Gasteiger partial charge on any atom is 0.126 e. The molecule has 3 heteroatoms. The summed E-state index contributed by atoms with van der Waals surface area (Å²) in [4.78, 5) is 0. The minimum absolute atomic E-state index is 0.818. The van der Waals surface area contributed by atoms with E-state index in [0.29, 0.717) is 0 Å². The number of hydrogen-bond acceptors (Lipinski definition) is 2. The summed E-state index contributed by atoms with van der Waals surface area (Å²) in [5.41, 5.74) is 4.53. The molecule has 59 valence electrons. The quantitative estimate of drug-likeness (QED) is 0.648. The maximum absolute atomic E-state index is 5.10. The fourth-order valence-corrected chi connectivity index (χ4v) is 0.886. The van der Waals surface area contributed by atoms with Crippen LogP contribution in [-0.4, -0.2) is 5.71 Å². The summed E-state index contributed by atoms with van der Waals surface area (Å²) in [6.45, 7) is 0. The lowest BCUT2D eigenvalue weighted by Crippen LogP contribution is -1.82. The summed E-state index contributed by atoms with van der Waals surface area (Å²) in [6.07, 6.45) is 8.83. The van der Waals surface area contributed by atoms with E-state index in [4.69, 9.17) is 4.42 Å². The molecule has 2 heterocycles. The molecule has 1 aliphatic heterocycles. The second-order valence-electron chi connectivity index (χ2n) is 2.30. The minimum Gasteiger partial charge on any atom is -0.465 e. The summed E-state index contributed by atoms with van der Waals surface area (Å²) in [5.74, 6) is 0.818. The molecule has 0 N–H and O–H groups in total. The summed E-state index contributed by atoms with van der Waals surface area (Å²) in [7, 11) is 0. The summed E-state index contributed by atoms with van der Waals surface area (Å²) in [5, 5.41) is 3.84. The predicted octanol–water partition coefficient (Wildman–Crippen LogP) is 1.78. The molecule has 0 bridgehead atoms. The van der Waals surface area contributed by atoms with Gasteiger partial charge < -0.3 is 4.42 Å². The summed E-state index contributed by atoms with van der Waals surface area (Å²) in [6, 6.07) is 3.73. The first-order valence-corrected chi connectivity index (χ1v) is 3.61. The van der Waals surface area contributed by atoms with Crippen molar-refractivity contribution in [2.24, 2.45) is 5.10 Å². The van der Waals surface area contributed by atoms with Gasteiger partial charge in [0.1, 0.15) is 5.76 Å². The molecule has 1 aliphatic rings. The predicted molar refractivity (Wildman–Crippen MR) is 46.5 cm³/mol. The Morgan fingerprint density at radius 2 is 2.33 bits per heavy atom. The Kier molecular flexibility index (Phi) is 1.78. The molecule has 0 unspecified atom stereocenters. The van der Waals surface area contributed by atoms with Gasteiger partial charge >= 0.3 is 0 Å². The van der Waals surface area contributed by atoms with E-state index in [0.717, 1.165) is 11.5 Å². The molecule has 1 aromatic rings. The van der Waals surface area contributed by atoms with Crippen molar-refractivity contribution in [1.29, 1.82) is 0 Å². The minimum atomic E-state index is 0.818. The van der Waals surface area contributed by atoms with Crippen molar-refractivity contribution in [1.82, 2.24) is 5.43 Å². The van der Waals surface area contributed by atoms with Gasteiger partial charge in [-0.15, -0.1) is 0 Å². The van der Waals surface area contributed by atoms with Gasteiger partial charge in [-0.25, -0.2) is 0 Å². The Balaban J connectivity index is 2.07. The molecule has 12 heavy (non-hydrogen) atoms. The lowest BCUT2D eigenvalue weighted by atomic mass is 10.3. The molecule has 0 fully saturated rings. The molecular weight excluding hydrogens is 152 g/mol. The van der Waals surface area contributed by atoms with Gasteiger partial charge in [0.2, 0.25) is 0 Å². The van der Waals surface area contributed by atoms with Crippen LogP contribution in [0.2, 0.25) is 0 Å². The fraction of sp³-hybridized carbons (Fsp3) is 0. The molecular formula is C9H7N2O. The van der Waals surface area contributed by atoms with Gasteiger partial charge in [-0.3, -0.25) is 0 Å². The van der Waals surface area contributed by atoms with Crippen LogP contribution < -0.4 is 5.43 Å². The number of hydrogen-bond donors (Lipinski definition) is 0. The van der Waals surface area contributed by atoms with Crippen LogP contribution in [0.15, 0.2) is 46.3 Å². The van der Waals surface area contributed by atoms with Crippen molar-refractivity contribution < 1.29 is 4.42 Å². The van der Waals surface area contributed by atoms with Crippen LogP contribution in [0.25, 0.3) is 6.08 Å². The molecule has 0 spiro atoms. The van der Waals surface area contributed by atoms with Gasteiger partial charge in [-0.05, 0) is 30.4 Å². The molecule has 0 saturated heterocycles. The molecule has 2 rings (SSSR count). The fourth-order valence-electron chi connectivity index (χ4n) is 0.886. The molecule has 0 aromatic carbocycles. The van der Waals surface area contributed by atoms with E-state index in [2.05, 4.69) is 10.5 Å². The molecule has 3 nitrogen and oxygen atoms in total. The van der Waals surface area contributed by atoms with Crippen molar-refractivity contribution in [3.63, 3.8) is 0 Å². The van der Waals surface area contributed by atoms with Gasteiger partial charge in [0.15, 0.2) is 0 Å². The monoisotopic (exact) mass is 159 g/mol. The van der Waals surface area contributed by atoms with Crippen molar-refractivity contribution in [3.8, 4) is 0 Å². The molecule has 0 atom stereocenters. The lowest BCUT2D eigenvalue weighted by Gasteiger charge is -1.83. The van der Waals surface area contributed by atoms with Gasteiger partial charge in [-0.1, -0.05) is 0 Å². The highest BCUT2D eigenvalue weighted by Crippen LogP contribution is 2.03. The Morgan fingerprint density at radius 3 is 3.00 bits per heavy atom. The van der Waals surface area contributed by atoms with Gasteiger partial charge in [0, 0.05) is 0 Å². The normalized spacial score (nSPS) is 15.2. The average Bonchev–Trinajstić information content (AvgIpc) is 2.74. The van der Waals surface area contributed by atoms with E-state index in [1.54, 1.807) is 12.5 Å². The number of rotatable bonds is 2. The van der Waals surface area contributed by atoms with Crippen LogP contribution in [0, 0.1) is 0 Å². The number of furan rings is 1. The first kappa shape index (κ1) is 6.91. The average molecular weight is 159 g/mol. The summed E-state index contributed by atoms with van der Waals surface area (Å²) < 4.78 is 5.10. The second kappa shape index (κ2) is 3.09. The van der Waals surface area contributed by atoms with Crippen molar-refractivity contribution in [3.05, 3.63) is 42.5 Å². The zero-order valence-corrected chi connectivity index (χ0v) is 6.34. The number of nitrogens with zero attached hydrogens (tertiary/aromatic N) is 2. The third-order valence-corrected chi connectivity index (χ3v) is 1.45. The smallest absolute Gasteiger partial charge is 0.126 e. The highest BCUT2D eigenvalue weighted by molar-refractivity contribution is 6.06. The Labute approximate surface area is 70.1 Å². The SMILES string of the molecule is C1=CC(/C=C/c2ccco2)=N[N]1. The Morgan fingerprint density at radius 1 is 1.33 bits per heavy atom. The number of allylic oxidation sites excluding steroid dienone is 2. The zero-order valence-electron chi connectivity index (χ0n) is 6.34. The zero-order chi connectivity index (χ0) is 8.23. The van der Waals surface area contributed by atoms with Crippen LogP contribution in [0.1, 0.15) is 5.76 Å². The largest absolute Gasteiger partial charge is 0.465 e. The van der Waals surface area contributed by atoms with Gasteiger partial charge in [-0.2, -0.15) is 10.5 Å². The van der Waals surface area contributed by atoms with Crippen molar-refractivity contribution in [2.45, 2.75) is 0 Å². The highest BCUT2D eigenvalue weighted by Gasteiger charge is 1.95. The van der Waals surface area contributed by atoms with Gasteiger partial charge in [0.05, 0.1) is 18.2 Å². The first-order valence-electron chi connectivity index (χ1n) is 3.61. The Bertz CT molecular complexity index is 333. The highest BCUT2D eigenvalue weighted by atomic mass is 16.3. The van der Waals surface area contributed by atoms with E-state index in [1.807, 2.05) is 30.4 Å². The summed E-state index contributed by atoms with van der Waals surface area (Å²) >= 11 is 0. The maximum atomic E-state index is 5.10. The third-order valence-electron chi connectivity index (χ3n) is 1.45. The van der Waals surface area contributed by atoms with Gasteiger partial charge in [0.25, 0.3) is 0 Å². The standard InChI is InChI=1S/C9H7N2O/c1-2-9(12-7-1)4-3-8-5-6-10-11-8/h1-7H/b4-3+. The first-order chi connectivity index (χ1) is 5.95. The molecule has 0 amide bonds. The third kappa shape index (κ3) is 1.45. The Hall–Kier alpha value is -1.77. The van der Waals surface area contributed by atoms with Crippen LogP contribution >= 0.6 is 0 Å². The van der Waals surface area contributed by atoms with Crippen molar-refractivity contribution in [2.75, 3.05) is 0 Å². The molecule has 1 aromatic heterocycles. The van der Waals surface area contributed by atoms with E-state index in [-0.39, 0.29) is 0 Å². The van der Waals surface area contributed by atoms with Crippen LogP contribution in [0.5, 0.6) is 0 Å². The van der Waals surface area contributed by atoms with Crippen molar-refractivity contribution >= 4 is 11.8 Å². The second-order valence-corrected chi connectivity index (χ2v) is 2.30. The van der Waals surface area contributed by atoms with E-state index < -0.39 is 0 Å². The molecule has 1 radical (unpaired) electrons.